The van der Waals surface area contributed by atoms with Crippen LogP contribution in [0.3, 0.4) is 0 Å². The fourth-order valence-corrected chi connectivity index (χ4v) is 6.35. The van der Waals surface area contributed by atoms with E-state index < -0.39 is 0 Å². The maximum atomic E-state index is 2.91. The monoisotopic (exact) mass is 253 g/mol. The van der Waals surface area contributed by atoms with Gasteiger partial charge in [-0.2, -0.15) is 0 Å². The zero-order chi connectivity index (χ0) is 12.6. The fraction of sp³-hybridized carbons (Fsp3) is 0.667. The molecule has 100 valence electrons. The van der Waals surface area contributed by atoms with E-state index in [1.165, 1.54) is 18.4 Å². The first-order chi connectivity index (χ1) is 9.28. The fourth-order valence-electron chi connectivity index (χ4n) is 6.35. The van der Waals surface area contributed by atoms with Crippen LogP contribution in [0, 0.1) is 17.8 Å². The van der Waals surface area contributed by atoms with E-state index in [9.17, 15) is 0 Å². The molecule has 1 saturated heterocycles. The van der Waals surface area contributed by atoms with Crippen LogP contribution in [0.5, 0.6) is 0 Å². The van der Waals surface area contributed by atoms with E-state index in [1.807, 2.05) is 0 Å². The van der Waals surface area contributed by atoms with E-state index in [4.69, 9.17) is 0 Å². The van der Waals surface area contributed by atoms with E-state index in [2.05, 4.69) is 42.2 Å². The van der Waals surface area contributed by atoms with Crippen LogP contribution in [0.15, 0.2) is 30.3 Å². The minimum atomic E-state index is 0.629. The first-order valence-corrected chi connectivity index (χ1v) is 8.11. The molecule has 4 saturated carbocycles. The lowest BCUT2D eigenvalue weighted by atomic mass is 9.56. The van der Waals surface area contributed by atoms with Gasteiger partial charge in [0.25, 0.3) is 0 Å². The zero-order valence-corrected chi connectivity index (χ0v) is 11.8. The molecular formula is C18H23N. The van der Waals surface area contributed by atoms with E-state index in [1.54, 1.807) is 19.3 Å². The summed E-state index contributed by atoms with van der Waals surface area (Å²) in [6.07, 6.45) is 7.67. The summed E-state index contributed by atoms with van der Waals surface area (Å²) in [4.78, 5) is 2.91. The molecule has 0 N–H and O–H groups in total. The molecule has 5 atom stereocenters. The van der Waals surface area contributed by atoms with Crippen molar-refractivity contribution in [3.63, 3.8) is 0 Å². The van der Waals surface area contributed by atoms with E-state index in [0.717, 1.165) is 23.8 Å². The zero-order valence-electron chi connectivity index (χ0n) is 11.8. The number of hydrogen-bond donors (Lipinski definition) is 0. The van der Waals surface area contributed by atoms with Crippen molar-refractivity contribution in [2.24, 2.45) is 17.8 Å². The van der Waals surface area contributed by atoms with Crippen LogP contribution < -0.4 is 0 Å². The van der Waals surface area contributed by atoms with Crippen LogP contribution in [0.2, 0.25) is 0 Å². The highest BCUT2D eigenvalue weighted by atomic mass is 15.4. The molecule has 1 heterocycles. The standard InChI is InChI=1S/C18H23N/c1-12(15-5-3-2-4-6-15)19-17-16-8-13-7-14(9-16)11-18(17,19)10-13/h2-6,12-14,16-17H,7-11H2,1H3. The number of likely N-dealkylation sites (tertiary alicyclic amines) is 1. The number of rotatable bonds is 2. The molecule has 4 bridgehead atoms. The summed E-state index contributed by atoms with van der Waals surface area (Å²) in [5.74, 6) is 3.18. The van der Waals surface area contributed by atoms with E-state index in [-0.39, 0.29) is 0 Å². The second-order valence-corrected chi connectivity index (χ2v) is 7.65. The van der Waals surface area contributed by atoms with Gasteiger partial charge in [0.15, 0.2) is 0 Å². The van der Waals surface area contributed by atoms with Gasteiger partial charge >= 0.3 is 0 Å². The van der Waals surface area contributed by atoms with E-state index in [0.29, 0.717) is 11.6 Å². The van der Waals surface area contributed by atoms with Gasteiger partial charge in [0.05, 0.1) is 0 Å². The van der Waals surface area contributed by atoms with Gasteiger partial charge < -0.3 is 0 Å². The predicted molar refractivity (Wildman–Crippen MR) is 76.8 cm³/mol. The van der Waals surface area contributed by atoms with Crippen molar-refractivity contribution in [1.82, 2.24) is 4.90 Å². The quantitative estimate of drug-likeness (QED) is 0.720. The lowest BCUT2D eigenvalue weighted by Crippen LogP contribution is -2.45. The molecule has 1 aromatic rings. The molecule has 0 amide bonds. The molecule has 1 spiro atoms. The van der Waals surface area contributed by atoms with Crippen molar-refractivity contribution in [3.05, 3.63) is 35.9 Å². The van der Waals surface area contributed by atoms with Gasteiger partial charge in [-0.25, -0.2) is 0 Å². The molecule has 5 fully saturated rings. The highest BCUT2D eigenvalue weighted by Crippen LogP contribution is 2.69. The van der Waals surface area contributed by atoms with Crippen LogP contribution in [0.25, 0.3) is 0 Å². The molecule has 1 nitrogen and oxygen atoms in total. The minimum Gasteiger partial charge on any atom is -0.284 e. The molecule has 5 aliphatic rings. The Morgan fingerprint density at radius 1 is 1.05 bits per heavy atom. The molecule has 1 aliphatic heterocycles. The normalized spacial score (nSPS) is 50.9. The van der Waals surface area contributed by atoms with Gasteiger partial charge in [-0.1, -0.05) is 30.3 Å². The smallest absolute Gasteiger partial charge is 0.0383 e. The maximum absolute atomic E-state index is 2.91. The Kier molecular flexibility index (Phi) is 1.97. The Hall–Kier alpha value is -0.820. The topological polar surface area (TPSA) is 3.01 Å². The number of benzene rings is 1. The SMILES string of the molecule is CC(c1ccccc1)N1C2C3CC4CC(C3)CC21C4. The molecule has 5 unspecified atom stereocenters. The summed E-state index contributed by atoms with van der Waals surface area (Å²) in [5, 5.41) is 0. The first-order valence-electron chi connectivity index (χ1n) is 8.11. The van der Waals surface area contributed by atoms with Crippen molar-refractivity contribution in [2.75, 3.05) is 0 Å². The minimum absolute atomic E-state index is 0.629. The predicted octanol–water partition coefficient (Wildman–Crippen LogP) is 4.01. The van der Waals surface area contributed by atoms with Gasteiger partial charge in [0.2, 0.25) is 0 Å². The summed E-state index contributed by atoms with van der Waals surface area (Å²) in [6.45, 7) is 2.43. The molecule has 1 aromatic carbocycles. The summed E-state index contributed by atoms with van der Waals surface area (Å²) in [6, 6.07) is 12.7. The third-order valence-corrected chi connectivity index (χ3v) is 6.67. The Morgan fingerprint density at radius 2 is 1.74 bits per heavy atom. The molecule has 0 aromatic heterocycles. The van der Waals surface area contributed by atoms with Crippen LogP contribution >= 0.6 is 0 Å². The van der Waals surface area contributed by atoms with Gasteiger partial charge in [-0.05, 0) is 62.3 Å². The third-order valence-electron chi connectivity index (χ3n) is 6.67. The Bertz CT molecular complexity index is 494. The van der Waals surface area contributed by atoms with Crippen LogP contribution in [-0.2, 0) is 0 Å². The van der Waals surface area contributed by atoms with Crippen molar-refractivity contribution in [3.8, 4) is 0 Å². The lowest BCUT2D eigenvalue weighted by Gasteiger charge is -2.48. The van der Waals surface area contributed by atoms with Gasteiger partial charge in [0, 0.05) is 17.6 Å². The Morgan fingerprint density at radius 3 is 2.42 bits per heavy atom. The van der Waals surface area contributed by atoms with Gasteiger partial charge in [-0.15, -0.1) is 0 Å². The van der Waals surface area contributed by atoms with Crippen LogP contribution in [0.4, 0.5) is 0 Å². The van der Waals surface area contributed by atoms with Gasteiger partial charge in [-0.3, -0.25) is 4.90 Å². The molecular weight excluding hydrogens is 230 g/mol. The van der Waals surface area contributed by atoms with Crippen molar-refractivity contribution in [1.29, 1.82) is 0 Å². The summed E-state index contributed by atoms with van der Waals surface area (Å²) in [7, 11) is 0. The largest absolute Gasteiger partial charge is 0.284 e. The molecule has 1 heteroatoms. The number of hydrogen-bond acceptors (Lipinski definition) is 1. The second-order valence-electron chi connectivity index (χ2n) is 7.65. The average Bonchev–Trinajstić information content (AvgIpc) is 3.06. The van der Waals surface area contributed by atoms with Crippen LogP contribution in [0.1, 0.15) is 50.6 Å². The van der Waals surface area contributed by atoms with Crippen molar-refractivity contribution >= 4 is 0 Å². The summed E-state index contributed by atoms with van der Waals surface area (Å²) in [5.41, 5.74) is 2.16. The second kappa shape index (κ2) is 3.44. The lowest BCUT2D eigenvalue weighted by molar-refractivity contribution is 0.0629. The highest BCUT2D eigenvalue weighted by molar-refractivity contribution is 5.31. The highest BCUT2D eigenvalue weighted by Gasteiger charge is 2.73. The molecule has 6 rings (SSSR count). The van der Waals surface area contributed by atoms with Crippen LogP contribution in [-0.4, -0.2) is 16.5 Å². The first kappa shape index (κ1) is 10.9. The van der Waals surface area contributed by atoms with Crippen molar-refractivity contribution < 1.29 is 0 Å². The maximum Gasteiger partial charge on any atom is 0.0383 e. The Balaban J connectivity index is 1.49. The summed E-state index contributed by atoms with van der Waals surface area (Å²) >= 11 is 0. The summed E-state index contributed by atoms with van der Waals surface area (Å²) < 4.78 is 0. The van der Waals surface area contributed by atoms with E-state index >= 15 is 0 Å². The van der Waals surface area contributed by atoms with Gasteiger partial charge in [0.1, 0.15) is 0 Å². The Labute approximate surface area is 116 Å². The molecule has 4 aliphatic carbocycles. The third kappa shape index (κ3) is 1.30. The van der Waals surface area contributed by atoms with Crippen molar-refractivity contribution in [2.45, 2.75) is 56.7 Å². The molecule has 0 radical (unpaired) electrons. The molecule has 19 heavy (non-hydrogen) atoms. The average molecular weight is 253 g/mol. The number of nitrogens with zero attached hydrogens (tertiary/aromatic N) is 1.